The third kappa shape index (κ3) is 4.51. The second-order valence-corrected chi connectivity index (χ2v) is 8.91. The van der Waals surface area contributed by atoms with Crippen molar-refractivity contribution in [1.82, 2.24) is 4.98 Å². The fourth-order valence-electron chi connectivity index (χ4n) is 3.87. The number of anilines is 1. The Morgan fingerprint density at radius 2 is 2.10 bits per heavy atom. The molecule has 0 aliphatic carbocycles. The van der Waals surface area contributed by atoms with E-state index in [1.54, 1.807) is 11.3 Å². The van der Waals surface area contributed by atoms with Crippen LogP contribution < -0.4 is 4.90 Å². The summed E-state index contributed by atoms with van der Waals surface area (Å²) in [6.45, 7) is 7.66. The third-order valence-electron chi connectivity index (χ3n) is 5.63. The van der Waals surface area contributed by atoms with Gasteiger partial charge < -0.3 is 4.74 Å². The van der Waals surface area contributed by atoms with Crippen LogP contribution >= 0.6 is 11.3 Å². The lowest BCUT2D eigenvalue weighted by molar-refractivity contribution is -0.118. The molecule has 1 aliphatic heterocycles. The van der Waals surface area contributed by atoms with Crippen LogP contribution in [0.1, 0.15) is 42.0 Å². The summed E-state index contributed by atoms with van der Waals surface area (Å²) in [6.07, 6.45) is 3.53. The molecule has 0 saturated carbocycles. The van der Waals surface area contributed by atoms with Gasteiger partial charge in [-0.25, -0.2) is 4.98 Å². The maximum atomic E-state index is 13.4. The van der Waals surface area contributed by atoms with Gasteiger partial charge in [0.05, 0.1) is 29.3 Å². The molecule has 0 N–H and O–H groups in total. The summed E-state index contributed by atoms with van der Waals surface area (Å²) in [5, 5.41) is 0.776. The van der Waals surface area contributed by atoms with Gasteiger partial charge in [-0.3, -0.25) is 9.69 Å². The van der Waals surface area contributed by atoms with Crippen LogP contribution in [0.2, 0.25) is 0 Å². The standard InChI is InChI=1S/C24H28N2O2S/c1-4-18-8-10-21-22(13-18)29-24(25-21)26(15-20-6-5-11-28-20)23(27)14-19-9-7-16(2)12-17(19)3/h7-10,12-13,20H,4-6,11,14-15H2,1-3H3. The Kier molecular flexibility index (Phi) is 5.97. The van der Waals surface area contributed by atoms with Crippen LogP contribution in [0.25, 0.3) is 10.2 Å². The molecule has 1 fully saturated rings. The minimum absolute atomic E-state index is 0.0854. The van der Waals surface area contributed by atoms with Crippen LogP contribution in [0.15, 0.2) is 36.4 Å². The zero-order valence-electron chi connectivity index (χ0n) is 17.4. The number of benzene rings is 2. The van der Waals surface area contributed by atoms with E-state index in [0.717, 1.165) is 52.3 Å². The van der Waals surface area contributed by atoms with Crippen molar-refractivity contribution in [2.24, 2.45) is 0 Å². The monoisotopic (exact) mass is 408 g/mol. The highest BCUT2D eigenvalue weighted by molar-refractivity contribution is 7.22. The van der Waals surface area contributed by atoms with E-state index in [2.05, 4.69) is 57.2 Å². The van der Waals surface area contributed by atoms with Crippen molar-refractivity contribution >= 4 is 32.6 Å². The molecule has 3 aromatic rings. The Hall–Kier alpha value is -2.24. The maximum Gasteiger partial charge on any atom is 0.233 e. The summed E-state index contributed by atoms with van der Waals surface area (Å²) < 4.78 is 6.97. The largest absolute Gasteiger partial charge is 0.376 e. The van der Waals surface area contributed by atoms with Crippen LogP contribution in [0.4, 0.5) is 5.13 Å². The van der Waals surface area contributed by atoms with Crippen molar-refractivity contribution in [2.75, 3.05) is 18.1 Å². The van der Waals surface area contributed by atoms with E-state index in [-0.39, 0.29) is 12.0 Å². The van der Waals surface area contributed by atoms with Gasteiger partial charge >= 0.3 is 0 Å². The first-order valence-electron chi connectivity index (χ1n) is 10.4. The van der Waals surface area contributed by atoms with Gasteiger partial charge in [0.25, 0.3) is 0 Å². The summed E-state index contributed by atoms with van der Waals surface area (Å²) in [5.74, 6) is 0.0854. The van der Waals surface area contributed by atoms with E-state index >= 15 is 0 Å². The highest BCUT2D eigenvalue weighted by atomic mass is 32.1. The van der Waals surface area contributed by atoms with Gasteiger partial charge in [0.15, 0.2) is 5.13 Å². The van der Waals surface area contributed by atoms with Crippen LogP contribution in [0, 0.1) is 13.8 Å². The molecule has 2 heterocycles. The van der Waals surface area contributed by atoms with E-state index in [1.807, 2.05) is 4.90 Å². The molecule has 1 aliphatic rings. The van der Waals surface area contributed by atoms with Crippen molar-refractivity contribution < 1.29 is 9.53 Å². The van der Waals surface area contributed by atoms with Crippen LogP contribution in [-0.4, -0.2) is 30.1 Å². The Morgan fingerprint density at radius 1 is 1.24 bits per heavy atom. The molecule has 5 heteroatoms. The summed E-state index contributed by atoms with van der Waals surface area (Å²) >= 11 is 1.60. The first-order valence-corrected chi connectivity index (χ1v) is 11.2. The van der Waals surface area contributed by atoms with E-state index in [1.165, 1.54) is 11.1 Å². The number of aryl methyl sites for hydroxylation is 3. The van der Waals surface area contributed by atoms with Crippen molar-refractivity contribution in [2.45, 2.75) is 52.6 Å². The number of carbonyl (C=O) groups is 1. The van der Waals surface area contributed by atoms with E-state index < -0.39 is 0 Å². The second-order valence-electron chi connectivity index (χ2n) is 7.90. The van der Waals surface area contributed by atoms with Crippen molar-refractivity contribution in [3.05, 3.63) is 58.7 Å². The number of ether oxygens (including phenoxy) is 1. The second kappa shape index (κ2) is 8.64. The zero-order chi connectivity index (χ0) is 20.4. The van der Waals surface area contributed by atoms with Crippen molar-refractivity contribution in [3.8, 4) is 0 Å². The lowest BCUT2D eigenvalue weighted by Gasteiger charge is -2.23. The summed E-state index contributed by atoms with van der Waals surface area (Å²) in [7, 11) is 0. The van der Waals surface area contributed by atoms with Crippen molar-refractivity contribution in [1.29, 1.82) is 0 Å². The zero-order valence-corrected chi connectivity index (χ0v) is 18.2. The first kappa shape index (κ1) is 20.0. The number of thiazole rings is 1. The highest BCUT2D eigenvalue weighted by Gasteiger charge is 2.26. The molecule has 29 heavy (non-hydrogen) atoms. The van der Waals surface area contributed by atoms with Gasteiger partial charge in [0.1, 0.15) is 0 Å². The Labute approximate surface area is 176 Å². The number of rotatable bonds is 6. The Balaban J connectivity index is 1.64. The van der Waals surface area contributed by atoms with Gasteiger partial charge in [-0.05, 0) is 61.9 Å². The summed E-state index contributed by atoms with van der Waals surface area (Å²) in [4.78, 5) is 20.0. The molecular formula is C24H28N2O2S. The molecule has 2 aromatic carbocycles. The number of aromatic nitrogens is 1. The van der Waals surface area contributed by atoms with E-state index in [4.69, 9.17) is 9.72 Å². The summed E-state index contributed by atoms with van der Waals surface area (Å²) in [6, 6.07) is 12.6. The number of nitrogens with zero attached hydrogens (tertiary/aromatic N) is 2. The number of amides is 1. The number of hydrogen-bond donors (Lipinski definition) is 0. The molecule has 152 valence electrons. The molecule has 1 unspecified atom stereocenters. The Bertz CT molecular complexity index is 1020. The lowest BCUT2D eigenvalue weighted by Crippen LogP contribution is -2.38. The smallest absolute Gasteiger partial charge is 0.233 e. The third-order valence-corrected chi connectivity index (χ3v) is 6.67. The van der Waals surface area contributed by atoms with Gasteiger partial charge in [-0.1, -0.05) is 48.1 Å². The Morgan fingerprint density at radius 3 is 2.83 bits per heavy atom. The first-order chi connectivity index (χ1) is 14.0. The number of fused-ring (bicyclic) bond motifs is 1. The number of carbonyl (C=O) groups excluding carboxylic acids is 1. The SMILES string of the molecule is CCc1ccc2nc(N(CC3CCCO3)C(=O)Cc3ccc(C)cc3C)sc2c1. The van der Waals surface area contributed by atoms with E-state index in [9.17, 15) is 4.79 Å². The van der Waals surface area contributed by atoms with Crippen LogP contribution in [-0.2, 0) is 22.4 Å². The minimum atomic E-state index is 0.0854. The molecule has 1 saturated heterocycles. The molecule has 0 radical (unpaired) electrons. The molecule has 1 aromatic heterocycles. The predicted octanol–water partition coefficient (Wildman–Crippen LogP) is 5.23. The average molecular weight is 409 g/mol. The van der Waals surface area contributed by atoms with Crippen molar-refractivity contribution in [3.63, 3.8) is 0 Å². The normalized spacial score (nSPS) is 16.4. The van der Waals surface area contributed by atoms with Gasteiger partial charge in [0, 0.05) is 6.61 Å². The quantitative estimate of drug-likeness (QED) is 0.561. The summed E-state index contributed by atoms with van der Waals surface area (Å²) in [5.41, 5.74) is 5.70. The molecule has 0 spiro atoms. The van der Waals surface area contributed by atoms with Gasteiger partial charge in [-0.15, -0.1) is 0 Å². The van der Waals surface area contributed by atoms with Gasteiger partial charge in [0.2, 0.25) is 5.91 Å². The van der Waals surface area contributed by atoms with Gasteiger partial charge in [-0.2, -0.15) is 0 Å². The molecule has 4 nitrogen and oxygen atoms in total. The molecule has 1 atom stereocenters. The maximum absolute atomic E-state index is 13.4. The molecule has 4 rings (SSSR count). The highest BCUT2D eigenvalue weighted by Crippen LogP contribution is 2.31. The molecular weight excluding hydrogens is 380 g/mol. The fourth-order valence-corrected chi connectivity index (χ4v) is 4.93. The minimum Gasteiger partial charge on any atom is -0.376 e. The van der Waals surface area contributed by atoms with Crippen LogP contribution in [0.3, 0.4) is 0 Å². The van der Waals surface area contributed by atoms with Crippen LogP contribution in [0.5, 0.6) is 0 Å². The average Bonchev–Trinajstić information content (AvgIpc) is 3.36. The van der Waals surface area contributed by atoms with E-state index in [0.29, 0.717) is 13.0 Å². The topological polar surface area (TPSA) is 42.4 Å². The predicted molar refractivity (Wildman–Crippen MR) is 120 cm³/mol. The number of hydrogen-bond acceptors (Lipinski definition) is 4. The fraction of sp³-hybridized carbons (Fsp3) is 0.417. The lowest BCUT2D eigenvalue weighted by atomic mass is 10.0. The molecule has 1 amide bonds. The molecule has 0 bridgehead atoms.